The fourth-order valence-corrected chi connectivity index (χ4v) is 3.58. The fourth-order valence-electron chi connectivity index (χ4n) is 3.58. The number of piperidine rings is 1. The lowest BCUT2D eigenvalue weighted by molar-refractivity contribution is 0.266. The van der Waals surface area contributed by atoms with Gasteiger partial charge in [-0.25, -0.2) is 4.98 Å². The lowest BCUT2D eigenvalue weighted by Crippen LogP contribution is -2.45. The Morgan fingerprint density at radius 3 is 2.87 bits per heavy atom. The minimum absolute atomic E-state index is 0.755. The van der Waals surface area contributed by atoms with E-state index >= 15 is 0 Å². The molecule has 23 heavy (non-hydrogen) atoms. The van der Waals surface area contributed by atoms with Gasteiger partial charge in [0.25, 0.3) is 0 Å². The molecule has 2 aliphatic heterocycles. The molecule has 1 atom stereocenters. The van der Waals surface area contributed by atoms with Crippen molar-refractivity contribution in [2.24, 2.45) is 10.9 Å². The molecule has 0 aromatic carbocycles. The van der Waals surface area contributed by atoms with Gasteiger partial charge in [-0.15, -0.1) is 0 Å². The smallest absolute Gasteiger partial charge is 0.193 e. The van der Waals surface area contributed by atoms with E-state index in [1.165, 1.54) is 31.2 Å². The largest absolute Gasteiger partial charge is 0.357 e. The predicted octanol–water partition coefficient (Wildman–Crippen LogP) is 2.49. The SMILES string of the molecule is CN=C(NCc1ccnc(N2CCCC2)c1)N1CCCC(C)C1. The van der Waals surface area contributed by atoms with Gasteiger partial charge >= 0.3 is 0 Å². The van der Waals surface area contributed by atoms with Crippen LogP contribution in [-0.4, -0.2) is 49.1 Å². The number of aliphatic imine (C=N–C) groups is 1. The van der Waals surface area contributed by atoms with E-state index in [1.54, 1.807) is 0 Å². The van der Waals surface area contributed by atoms with E-state index in [9.17, 15) is 0 Å². The van der Waals surface area contributed by atoms with Crippen LogP contribution in [0.25, 0.3) is 0 Å². The molecule has 0 radical (unpaired) electrons. The zero-order valence-corrected chi connectivity index (χ0v) is 14.5. The molecule has 2 fully saturated rings. The molecule has 3 rings (SSSR count). The number of hydrogen-bond donors (Lipinski definition) is 1. The molecule has 2 saturated heterocycles. The van der Waals surface area contributed by atoms with Gasteiger partial charge in [0.1, 0.15) is 5.82 Å². The molecule has 0 bridgehead atoms. The third-order valence-electron chi connectivity index (χ3n) is 4.86. The molecule has 2 aliphatic rings. The monoisotopic (exact) mass is 315 g/mol. The van der Waals surface area contributed by atoms with Crippen molar-refractivity contribution in [3.63, 3.8) is 0 Å². The van der Waals surface area contributed by atoms with Gasteiger partial charge in [0.05, 0.1) is 0 Å². The first-order valence-electron chi connectivity index (χ1n) is 8.92. The highest BCUT2D eigenvalue weighted by Gasteiger charge is 2.19. The summed E-state index contributed by atoms with van der Waals surface area (Å²) in [6.07, 6.45) is 7.08. The Morgan fingerprint density at radius 2 is 2.13 bits per heavy atom. The van der Waals surface area contributed by atoms with Crippen LogP contribution in [0.3, 0.4) is 0 Å². The van der Waals surface area contributed by atoms with Crippen LogP contribution in [0.5, 0.6) is 0 Å². The van der Waals surface area contributed by atoms with Crippen molar-refractivity contribution >= 4 is 11.8 Å². The Kier molecular flexibility index (Phi) is 5.36. The van der Waals surface area contributed by atoms with Gasteiger partial charge in [-0.1, -0.05) is 6.92 Å². The topological polar surface area (TPSA) is 43.8 Å². The van der Waals surface area contributed by atoms with Crippen LogP contribution in [0.15, 0.2) is 23.3 Å². The van der Waals surface area contributed by atoms with Crippen LogP contribution >= 0.6 is 0 Å². The minimum atomic E-state index is 0.755. The van der Waals surface area contributed by atoms with E-state index in [2.05, 4.69) is 44.1 Å². The fraction of sp³-hybridized carbons (Fsp3) is 0.667. The maximum atomic E-state index is 4.53. The number of nitrogens with zero attached hydrogens (tertiary/aromatic N) is 4. The lowest BCUT2D eigenvalue weighted by Gasteiger charge is -2.33. The van der Waals surface area contributed by atoms with Crippen LogP contribution in [0, 0.1) is 5.92 Å². The van der Waals surface area contributed by atoms with Gasteiger partial charge in [-0.05, 0) is 49.3 Å². The third-order valence-corrected chi connectivity index (χ3v) is 4.86. The van der Waals surface area contributed by atoms with E-state index in [0.29, 0.717) is 0 Å². The molecule has 0 saturated carbocycles. The standard InChI is InChI=1S/C18H29N5/c1-15-6-5-11-23(14-15)18(19-2)21-13-16-7-8-20-17(12-16)22-9-3-4-10-22/h7-8,12,15H,3-6,9-11,13-14H2,1-2H3,(H,19,21). The maximum absolute atomic E-state index is 4.53. The van der Waals surface area contributed by atoms with Crippen LogP contribution in [0.4, 0.5) is 5.82 Å². The van der Waals surface area contributed by atoms with Gasteiger partial charge < -0.3 is 15.1 Å². The molecular weight excluding hydrogens is 286 g/mol. The van der Waals surface area contributed by atoms with Crippen molar-refractivity contribution in [1.29, 1.82) is 0 Å². The average Bonchev–Trinajstić information content (AvgIpc) is 3.10. The Balaban J connectivity index is 1.59. The normalized spacial score (nSPS) is 22.5. The highest BCUT2D eigenvalue weighted by Crippen LogP contribution is 2.19. The number of anilines is 1. The molecule has 0 spiro atoms. The first kappa shape index (κ1) is 16.1. The first-order chi connectivity index (χ1) is 11.3. The molecule has 0 aliphatic carbocycles. The molecule has 5 heteroatoms. The second-order valence-electron chi connectivity index (χ2n) is 6.81. The van der Waals surface area contributed by atoms with Crippen molar-refractivity contribution in [3.05, 3.63) is 23.9 Å². The van der Waals surface area contributed by atoms with E-state index in [1.807, 2.05) is 13.2 Å². The summed E-state index contributed by atoms with van der Waals surface area (Å²) in [6, 6.07) is 4.31. The number of guanidine groups is 1. The van der Waals surface area contributed by atoms with E-state index in [-0.39, 0.29) is 0 Å². The molecule has 5 nitrogen and oxygen atoms in total. The highest BCUT2D eigenvalue weighted by atomic mass is 15.3. The van der Waals surface area contributed by atoms with Gasteiger partial charge in [0.15, 0.2) is 5.96 Å². The van der Waals surface area contributed by atoms with Crippen molar-refractivity contribution in [2.45, 2.75) is 39.2 Å². The molecule has 1 aromatic rings. The summed E-state index contributed by atoms with van der Waals surface area (Å²) in [5.74, 6) is 2.89. The molecule has 3 heterocycles. The van der Waals surface area contributed by atoms with Crippen molar-refractivity contribution in [2.75, 3.05) is 38.1 Å². The quantitative estimate of drug-likeness (QED) is 0.687. The third kappa shape index (κ3) is 4.15. The number of hydrogen-bond acceptors (Lipinski definition) is 3. The molecule has 0 amide bonds. The van der Waals surface area contributed by atoms with Crippen LogP contribution in [0.2, 0.25) is 0 Å². The molecule has 1 unspecified atom stereocenters. The summed E-state index contributed by atoms with van der Waals surface area (Å²) < 4.78 is 0. The predicted molar refractivity (Wildman–Crippen MR) is 95.9 cm³/mol. The first-order valence-corrected chi connectivity index (χ1v) is 8.92. The highest BCUT2D eigenvalue weighted by molar-refractivity contribution is 5.80. The number of nitrogens with one attached hydrogen (secondary N) is 1. The zero-order valence-electron chi connectivity index (χ0n) is 14.5. The zero-order chi connectivity index (χ0) is 16.1. The molecular formula is C18H29N5. The van der Waals surface area contributed by atoms with Crippen molar-refractivity contribution < 1.29 is 0 Å². The average molecular weight is 315 g/mol. The van der Waals surface area contributed by atoms with Gasteiger partial charge in [-0.2, -0.15) is 0 Å². The maximum Gasteiger partial charge on any atom is 0.193 e. The second kappa shape index (κ2) is 7.66. The number of rotatable bonds is 3. The summed E-state index contributed by atoms with van der Waals surface area (Å²) >= 11 is 0. The summed E-state index contributed by atoms with van der Waals surface area (Å²) in [5, 5.41) is 3.52. The summed E-state index contributed by atoms with van der Waals surface area (Å²) in [5.41, 5.74) is 1.27. The van der Waals surface area contributed by atoms with Gasteiger partial charge in [-0.3, -0.25) is 4.99 Å². The summed E-state index contributed by atoms with van der Waals surface area (Å²) in [7, 11) is 1.88. The number of likely N-dealkylation sites (tertiary alicyclic amines) is 1. The number of aromatic nitrogens is 1. The summed E-state index contributed by atoms with van der Waals surface area (Å²) in [4.78, 5) is 13.8. The van der Waals surface area contributed by atoms with E-state index < -0.39 is 0 Å². The van der Waals surface area contributed by atoms with E-state index in [4.69, 9.17) is 0 Å². The van der Waals surface area contributed by atoms with Gasteiger partial charge in [0, 0.05) is 46.0 Å². The molecule has 1 aromatic heterocycles. The Bertz CT molecular complexity index is 536. The summed E-state index contributed by atoms with van der Waals surface area (Å²) in [6.45, 7) is 7.62. The number of pyridine rings is 1. The van der Waals surface area contributed by atoms with Crippen molar-refractivity contribution in [3.8, 4) is 0 Å². The van der Waals surface area contributed by atoms with Crippen LogP contribution in [0.1, 0.15) is 38.2 Å². The Morgan fingerprint density at radius 1 is 1.30 bits per heavy atom. The molecule has 126 valence electrons. The second-order valence-corrected chi connectivity index (χ2v) is 6.81. The minimum Gasteiger partial charge on any atom is -0.357 e. The van der Waals surface area contributed by atoms with Crippen LogP contribution < -0.4 is 10.2 Å². The Hall–Kier alpha value is -1.78. The van der Waals surface area contributed by atoms with Crippen molar-refractivity contribution in [1.82, 2.24) is 15.2 Å². The van der Waals surface area contributed by atoms with E-state index in [0.717, 1.165) is 50.4 Å². The molecule has 1 N–H and O–H groups in total. The Labute approximate surface area is 139 Å². The van der Waals surface area contributed by atoms with Crippen LogP contribution in [-0.2, 0) is 6.54 Å². The lowest BCUT2D eigenvalue weighted by atomic mass is 10.0. The van der Waals surface area contributed by atoms with Gasteiger partial charge in [0.2, 0.25) is 0 Å².